The number of rotatable bonds is 7. The first-order valence-corrected chi connectivity index (χ1v) is 12.6. The molecule has 1 fully saturated rings. The Morgan fingerprint density at radius 3 is 2.12 bits per heavy atom. The molecule has 32 heavy (non-hydrogen) atoms. The van der Waals surface area contributed by atoms with Gasteiger partial charge in [0.15, 0.2) is 0 Å². The molecule has 0 atom stereocenters. The topological polar surface area (TPSA) is 86.8 Å². The maximum absolute atomic E-state index is 12.9. The summed E-state index contributed by atoms with van der Waals surface area (Å²) in [6, 6.07) is 12.8. The first kappa shape index (κ1) is 23.9. The van der Waals surface area contributed by atoms with Crippen molar-refractivity contribution in [1.82, 2.24) is 9.21 Å². The molecule has 1 aliphatic heterocycles. The average molecular weight is 458 g/mol. The molecule has 1 N–H and O–H groups in total. The molecule has 7 nitrogen and oxygen atoms in total. The standard InChI is InChI=1S/C24H31N3O4S/c1-3-26(4-2)24(29)20-10-9-11-21(18-20)25-23(28)19-12-14-22(15-13-19)32(30,31)27-16-7-5-6-8-17-27/h9-15,18H,3-8,16-17H2,1-2H3,(H,25,28). The van der Waals surface area contributed by atoms with Crippen molar-refractivity contribution in [2.45, 2.75) is 44.4 Å². The van der Waals surface area contributed by atoms with Crippen molar-refractivity contribution in [2.75, 3.05) is 31.5 Å². The normalized spacial score (nSPS) is 15.1. The number of nitrogens with zero attached hydrogens (tertiary/aromatic N) is 2. The lowest BCUT2D eigenvalue weighted by atomic mass is 10.1. The lowest BCUT2D eigenvalue weighted by molar-refractivity contribution is 0.0772. The minimum atomic E-state index is -3.56. The molecule has 2 amide bonds. The van der Waals surface area contributed by atoms with Gasteiger partial charge in [-0.25, -0.2) is 8.42 Å². The molecule has 172 valence electrons. The SMILES string of the molecule is CCN(CC)C(=O)c1cccc(NC(=O)c2ccc(S(=O)(=O)N3CCCCCC3)cc2)c1. The molecule has 0 aliphatic carbocycles. The molecule has 0 unspecified atom stereocenters. The molecule has 0 saturated carbocycles. The highest BCUT2D eigenvalue weighted by atomic mass is 32.2. The van der Waals surface area contributed by atoms with Crippen LogP contribution < -0.4 is 5.32 Å². The van der Waals surface area contributed by atoms with Crippen molar-refractivity contribution in [3.63, 3.8) is 0 Å². The predicted molar refractivity (Wildman–Crippen MR) is 125 cm³/mol. The molecule has 0 aromatic heterocycles. The number of nitrogens with one attached hydrogen (secondary N) is 1. The van der Waals surface area contributed by atoms with Gasteiger partial charge < -0.3 is 10.2 Å². The zero-order valence-corrected chi connectivity index (χ0v) is 19.5. The van der Waals surface area contributed by atoms with Crippen LogP contribution in [-0.4, -0.2) is 55.6 Å². The maximum atomic E-state index is 12.9. The summed E-state index contributed by atoms with van der Waals surface area (Å²) in [6.45, 7) is 6.13. The van der Waals surface area contributed by atoms with E-state index in [0.29, 0.717) is 43.0 Å². The van der Waals surface area contributed by atoms with Crippen molar-refractivity contribution >= 4 is 27.5 Å². The van der Waals surface area contributed by atoms with E-state index in [-0.39, 0.29) is 16.7 Å². The quantitative estimate of drug-likeness (QED) is 0.681. The lowest BCUT2D eigenvalue weighted by Crippen LogP contribution is -2.31. The zero-order chi connectivity index (χ0) is 23.1. The molecule has 1 heterocycles. The van der Waals surface area contributed by atoms with Gasteiger partial charge in [0.05, 0.1) is 4.90 Å². The highest BCUT2D eigenvalue weighted by Crippen LogP contribution is 2.21. The summed E-state index contributed by atoms with van der Waals surface area (Å²) < 4.78 is 27.4. The van der Waals surface area contributed by atoms with Gasteiger partial charge in [-0.15, -0.1) is 0 Å². The molecule has 2 aromatic carbocycles. The second kappa shape index (κ2) is 10.7. The van der Waals surface area contributed by atoms with Crippen LogP contribution in [-0.2, 0) is 10.0 Å². The Labute approximate surface area is 190 Å². The fraction of sp³-hybridized carbons (Fsp3) is 0.417. The Kier molecular flexibility index (Phi) is 8.04. The van der Waals surface area contributed by atoms with Crippen LogP contribution in [0.4, 0.5) is 5.69 Å². The summed E-state index contributed by atoms with van der Waals surface area (Å²) >= 11 is 0. The van der Waals surface area contributed by atoms with E-state index < -0.39 is 10.0 Å². The molecular formula is C24H31N3O4S. The van der Waals surface area contributed by atoms with Crippen LogP contribution in [0.25, 0.3) is 0 Å². The minimum absolute atomic E-state index is 0.0887. The van der Waals surface area contributed by atoms with E-state index in [0.717, 1.165) is 25.7 Å². The molecule has 0 spiro atoms. The van der Waals surface area contributed by atoms with Gasteiger partial charge in [0.1, 0.15) is 0 Å². The third-order valence-electron chi connectivity index (χ3n) is 5.74. The van der Waals surface area contributed by atoms with Crippen LogP contribution >= 0.6 is 0 Å². The summed E-state index contributed by atoms with van der Waals surface area (Å²) in [4.78, 5) is 27.1. The number of benzene rings is 2. The lowest BCUT2D eigenvalue weighted by Gasteiger charge is -2.20. The molecule has 1 aliphatic rings. The van der Waals surface area contributed by atoms with E-state index in [1.165, 1.54) is 28.6 Å². The smallest absolute Gasteiger partial charge is 0.255 e. The van der Waals surface area contributed by atoms with E-state index in [9.17, 15) is 18.0 Å². The maximum Gasteiger partial charge on any atom is 0.255 e. The summed E-state index contributed by atoms with van der Waals surface area (Å²) in [5, 5.41) is 2.79. The number of hydrogen-bond acceptors (Lipinski definition) is 4. The highest BCUT2D eigenvalue weighted by Gasteiger charge is 2.25. The van der Waals surface area contributed by atoms with Crippen molar-refractivity contribution in [3.05, 3.63) is 59.7 Å². The Morgan fingerprint density at radius 2 is 1.53 bits per heavy atom. The number of hydrogen-bond donors (Lipinski definition) is 1. The number of amides is 2. The summed E-state index contributed by atoms with van der Waals surface area (Å²) in [7, 11) is -3.56. The van der Waals surface area contributed by atoms with Crippen LogP contribution in [0.5, 0.6) is 0 Å². The van der Waals surface area contributed by atoms with Gasteiger partial charge in [-0.2, -0.15) is 4.31 Å². The zero-order valence-electron chi connectivity index (χ0n) is 18.7. The second-order valence-corrected chi connectivity index (χ2v) is 9.79. The van der Waals surface area contributed by atoms with E-state index in [1.807, 2.05) is 13.8 Å². The Bertz CT molecular complexity index is 1040. The van der Waals surface area contributed by atoms with Gasteiger partial charge >= 0.3 is 0 Å². The Hall–Kier alpha value is -2.71. The van der Waals surface area contributed by atoms with E-state index in [4.69, 9.17) is 0 Å². The monoisotopic (exact) mass is 457 g/mol. The molecule has 3 rings (SSSR count). The summed E-state index contributed by atoms with van der Waals surface area (Å²) in [6.07, 6.45) is 3.84. The van der Waals surface area contributed by atoms with Crippen LogP contribution in [0, 0.1) is 0 Å². The Balaban J connectivity index is 1.71. The van der Waals surface area contributed by atoms with Crippen LogP contribution in [0.1, 0.15) is 60.2 Å². The van der Waals surface area contributed by atoms with Crippen molar-refractivity contribution in [2.24, 2.45) is 0 Å². The van der Waals surface area contributed by atoms with Crippen molar-refractivity contribution < 1.29 is 18.0 Å². The molecule has 0 radical (unpaired) electrons. The van der Waals surface area contributed by atoms with E-state index in [2.05, 4.69) is 5.32 Å². The van der Waals surface area contributed by atoms with E-state index in [1.54, 1.807) is 29.2 Å². The van der Waals surface area contributed by atoms with Gasteiger partial charge in [0, 0.05) is 43.0 Å². The largest absolute Gasteiger partial charge is 0.339 e. The van der Waals surface area contributed by atoms with Gasteiger partial charge in [0.2, 0.25) is 10.0 Å². The summed E-state index contributed by atoms with van der Waals surface area (Å²) in [5.41, 5.74) is 1.36. The van der Waals surface area contributed by atoms with Crippen molar-refractivity contribution in [3.8, 4) is 0 Å². The molecular weight excluding hydrogens is 426 g/mol. The fourth-order valence-electron chi connectivity index (χ4n) is 3.84. The first-order valence-electron chi connectivity index (χ1n) is 11.2. The van der Waals surface area contributed by atoms with Gasteiger partial charge in [-0.3, -0.25) is 9.59 Å². The predicted octanol–water partition coefficient (Wildman–Crippen LogP) is 3.99. The van der Waals surface area contributed by atoms with E-state index >= 15 is 0 Å². The fourth-order valence-corrected chi connectivity index (χ4v) is 5.35. The molecule has 1 saturated heterocycles. The van der Waals surface area contributed by atoms with Crippen LogP contribution in [0.15, 0.2) is 53.4 Å². The Morgan fingerprint density at radius 1 is 0.906 bits per heavy atom. The number of carbonyl (C=O) groups excluding carboxylic acids is 2. The number of anilines is 1. The number of sulfonamides is 1. The third-order valence-corrected chi connectivity index (χ3v) is 7.65. The highest BCUT2D eigenvalue weighted by molar-refractivity contribution is 7.89. The van der Waals surface area contributed by atoms with Crippen LogP contribution in [0.3, 0.4) is 0 Å². The van der Waals surface area contributed by atoms with Gasteiger partial charge in [-0.1, -0.05) is 18.9 Å². The summed E-state index contributed by atoms with van der Waals surface area (Å²) in [5.74, 6) is -0.453. The second-order valence-electron chi connectivity index (χ2n) is 7.86. The number of carbonyl (C=O) groups is 2. The first-order chi connectivity index (χ1) is 15.4. The minimum Gasteiger partial charge on any atom is -0.339 e. The van der Waals surface area contributed by atoms with Crippen molar-refractivity contribution in [1.29, 1.82) is 0 Å². The van der Waals surface area contributed by atoms with Gasteiger partial charge in [0.25, 0.3) is 11.8 Å². The molecule has 8 heteroatoms. The third kappa shape index (κ3) is 5.55. The van der Waals surface area contributed by atoms with Crippen LogP contribution in [0.2, 0.25) is 0 Å². The molecule has 2 aromatic rings. The van der Waals surface area contributed by atoms with Gasteiger partial charge in [-0.05, 0) is 69.2 Å². The molecule has 0 bridgehead atoms. The average Bonchev–Trinajstić information content (AvgIpc) is 3.10.